The van der Waals surface area contributed by atoms with Crippen molar-refractivity contribution in [3.05, 3.63) is 66.1 Å². The van der Waals surface area contributed by atoms with Crippen molar-refractivity contribution in [3.8, 4) is 0 Å². The number of rotatable bonds is 3. The van der Waals surface area contributed by atoms with E-state index >= 15 is 0 Å². The number of amides is 1. The third kappa shape index (κ3) is 2.49. The summed E-state index contributed by atoms with van der Waals surface area (Å²) in [5.41, 5.74) is 3.09. The quantitative estimate of drug-likeness (QED) is 0.732. The van der Waals surface area contributed by atoms with Gasteiger partial charge in [0.15, 0.2) is 5.65 Å². The number of fused-ring (bicyclic) bond motifs is 1. The molecule has 0 N–H and O–H groups in total. The summed E-state index contributed by atoms with van der Waals surface area (Å²) in [7, 11) is 0. The van der Waals surface area contributed by atoms with E-state index in [4.69, 9.17) is 0 Å². The van der Waals surface area contributed by atoms with Gasteiger partial charge in [0, 0.05) is 44.3 Å². The summed E-state index contributed by atoms with van der Waals surface area (Å²) in [4.78, 5) is 21.2. The van der Waals surface area contributed by atoms with Gasteiger partial charge in [0.2, 0.25) is 0 Å². The van der Waals surface area contributed by atoms with E-state index in [9.17, 15) is 4.79 Å². The van der Waals surface area contributed by atoms with Crippen molar-refractivity contribution in [3.63, 3.8) is 0 Å². The highest BCUT2D eigenvalue weighted by molar-refractivity contribution is 5.94. The van der Waals surface area contributed by atoms with Crippen molar-refractivity contribution in [2.75, 3.05) is 26.2 Å². The molecule has 0 atom stereocenters. The molecule has 0 bridgehead atoms. The van der Waals surface area contributed by atoms with Crippen molar-refractivity contribution in [2.45, 2.75) is 6.54 Å². The number of hydrogen-bond donors (Lipinski definition) is 0. The van der Waals surface area contributed by atoms with Gasteiger partial charge >= 0.3 is 0 Å². The summed E-state index contributed by atoms with van der Waals surface area (Å²) in [6, 6.07) is 14.2. The molecule has 2 aliphatic rings. The fourth-order valence-corrected chi connectivity index (χ4v) is 4.09. The molecule has 126 valence electrons. The molecule has 1 amide bonds. The van der Waals surface area contributed by atoms with Crippen LogP contribution in [0.25, 0.3) is 5.65 Å². The van der Waals surface area contributed by atoms with Crippen LogP contribution in [0, 0.1) is 5.41 Å². The molecule has 1 spiro atoms. The molecule has 3 aromatic rings. The monoisotopic (exact) mass is 333 g/mol. The highest BCUT2D eigenvalue weighted by Crippen LogP contribution is 2.40. The van der Waals surface area contributed by atoms with Gasteiger partial charge in [-0.1, -0.05) is 30.3 Å². The van der Waals surface area contributed by atoms with Gasteiger partial charge in [0.05, 0.1) is 5.56 Å². The average molecular weight is 333 g/mol. The van der Waals surface area contributed by atoms with Gasteiger partial charge in [0.25, 0.3) is 5.91 Å². The molecule has 1 aromatic carbocycles. The molecular weight excluding hydrogens is 314 g/mol. The normalized spacial score (nSPS) is 19.0. The minimum Gasteiger partial charge on any atom is -0.337 e. The van der Waals surface area contributed by atoms with E-state index in [-0.39, 0.29) is 5.91 Å². The number of aromatic nitrogens is 3. The Labute approximate surface area is 145 Å². The Bertz CT molecular complexity index is 921. The standard InChI is InChI=1S/C19H19N5O/c25-18(16-6-7-17-20-14-21-24(17)9-16)23-12-19(13-23)10-22(11-19)8-15-4-2-1-3-5-15/h1-7,9,14H,8,10-13H2. The molecule has 6 nitrogen and oxygen atoms in total. The average Bonchev–Trinajstić information content (AvgIpc) is 3.03. The van der Waals surface area contributed by atoms with Crippen LogP contribution in [0.3, 0.4) is 0 Å². The van der Waals surface area contributed by atoms with Crippen LogP contribution in [0.2, 0.25) is 0 Å². The van der Waals surface area contributed by atoms with E-state index in [0.717, 1.165) is 38.4 Å². The number of carbonyl (C=O) groups excluding carboxylic acids is 1. The number of hydrogen-bond acceptors (Lipinski definition) is 4. The lowest BCUT2D eigenvalue weighted by atomic mass is 9.72. The number of pyridine rings is 1. The molecule has 2 saturated heterocycles. The van der Waals surface area contributed by atoms with E-state index in [2.05, 4.69) is 39.2 Å². The minimum atomic E-state index is 0.0875. The first-order valence-corrected chi connectivity index (χ1v) is 8.56. The van der Waals surface area contributed by atoms with Crippen molar-refractivity contribution < 1.29 is 4.79 Å². The topological polar surface area (TPSA) is 53.7 Å². The van der Waals surface area contributed by atoms with E-state index in [1.54, 1.807) is 10.7 Å². The fraction of sp³-hybridized carbons (Fsp3) is 0.316. The summed E-state index contributed by atoms with van der Waals surface area (Å²) in [5, 5.41) is 4.10. The molecule has 2 fully saturated rings. The highest BCUT2D eigenvalue weighted by Gasteiger charge is 2.52. The summed E-state index contributed by atoms with van der Waals surface area (Å²) in [6.07, 6.45) is 3.26. The van der Waals surface area contributed by atoms with E-state index in [0.29, 0.717) is 11.0 Å². The summed E-state index contributed by atoms with van der Waals surface area (Å²) >= 11 is 0. The summed E-state index contributed by atoms with van der Waals surface area (Å²) < 4.78 is 1.65. The second kappa shape index (κ2) is 5.39. The van der Waals surface area contributed by atoms with E-state index < -0.39 is 0 Å². The Morgan fingerprint density at radius 2 is 1.84 bits per heavy atom. The first-order chi connectivity index (χ1) is 12.2. The van der Waals surface area contributed by atoms with E-state index in [1.807, 2.05) is 23.1 Å². The first-order valence-electron chi connectivity index (χ1n) is 8.56. The molecule has 0 saturated carbocycles. The van der Waals surface area contributed by atoms with Crippen molar-refractivity contribution in [1.82, 2.24) is 24.4 Å². The van der Waals surface area contributed by atoms with Crippen molar-refractivity contribution >= 4 is 11.6 Å². The van der Waals surface area contributed by atoms with Gasteiger partial charge in [-0.15, -0.1) is 0 Å². The molecule has 0 radical (unpaired) electrons. The SMILES string of the molecule is O=C(c1ccc2ncnn2c1)N1CC2(CN(Cc3ccccc3)C2)C1. The number of carbonyl (C=O) groups is 1. The molecule has 5 rings (SSSR count). The molecule has 25 heavy (non-hydrogen) atoms. The second-order valence-electron chi connectivity index (χ2n) is 7.27. The molecule has 2 aromatic heterocycles. The van der Waals surface area contributed by atoms with Gasteiger partial charge in [-0.2, -0.15) is 5.10 Å². The first kappa shape index (κ1) is 14.6. The van der Waals surface area contributed by atoms with E-state index in [1.165, 1.54) is 11.9 Å². The van der Waals surface area contributed by atoms with Crippen LogP contribution in [-0.2, 0) is 6.54 Å². The van der Waals surface area contributed by atoms with Gasteiger partial charge in [-0.05, 0) is 17.7 Å². The number of nitrogens with zero attached hydrogens (tertiary/aromatic N) is 5. The maximum atomic E-state index is 12.6. The molecule has 4 heterocycles. The lowest BCUT2D eigenvalue weighted by Gasteiger charge is -2.60. The Hall–Kier alpha value is -2.73. The van der Waals surface area contributed by atoms with Crippen LogP contribution in [0.4, 0.5) is 0 Å². The maximum absolute atomic E-state index is 12.6. The van der Waals surface area contributed by atoms with Gasteiger partial charge in [0.1, 0.15) is 6.33 Å². The fourth-order valence-electron chi connectivity index (χ4n) is 4.09. The van der Waals surface area contributed by atoms with Crippen LogP contribution < -0.4 is 0 Å². The number of likely N-dealkylation sites (tertiary alicyclic amines) is 2. The zero-order valence-corrected chi connectivity index (χ0v) is 13.9. The zero-order chi connectivity index (χ0) is 16.9. The van der Waals surface area contributed by atoms with Crippen LogP contribution in [0.5, 0.6) is 0 Å². The third-order valence-corrected chi connectivity index (χ3v) is 5.23. The smallest absolute Gasteiger partial charge is 0.255 e. The van der Waals surface area contributed by atoms with Crippen LogP contribution in [-0.4, -0.2) is 56.5 Å². The van der Waals surface area contributed by atoms with Crippen molar-refractivity contribution in [1.29, 1.82) is 0 Å². The highest BCUT2D eigenvalue weighted by atomic mass is 16.2. The van der Waals surface area contributed by atoms with Gasteiger partial charge < -0.3 is 4.90 Å². The Kier molecular flexibility index (Phi) is 3.15. The zero-order valence-electron chi connectivity index (χ0n) is 13.9. The number of benzene rings is 1. The Morgan fingerprint density at radius 3 is 2.64 bits per heavy atom. The van der Waals surface area contributed by atoms with Crippen LogP contribution in [0.1, 0.15) is 15.9 Å². The molecule has 6 heteroatoms. The Balaban J connectivity index is 1.19. The van der Waals surface area contributed by atoms with Crippen LogP contribution >= 0.6 is 0 Å². The Morgan fingerprint density at radius 1 is 1.04 bits per heavy atom. The van der Waals surface area contributed by atoms with Gasteiger partial charge in [-0.25, -0.2) is 9.50 Å². The predicted octanol–water partition coefficient (Wildman–Crippen LogP) is 1.69. The lowest BCUT2D eigenvalue weighted by molar-refractivity contribution is -0.102. The molecule has 0 unspecified atom stereocenters. The lowest BCUT2D eigenvalue weighted by Crippen LogP contribution is -2.72. The van der Waals surface area contributed by atoms with Crippen molar-refractivity contribution in [2.24, 2.45) is 5.41 Å². The van der Waals surface area contributed by atoms with Gasteiger partial charge in [-0.3, -0.25) is 9.69 Å². The summed E-state index contributed by atoms with van der Waals surface area (Å²) in [6.45, 7) is 4.86. The van der Waals surface area contributed by atoms with Crippen LogP contribution in [0.15, 0.2) is 55.0 Å². The minimum absolute atomic E-state index is 0.0875. The maximum Gasteiger partial charge on any atom is 0.255 e. The predicted molar refractivity (Wildman–Crippen MR) is 93.0 cm³/mol. The largest absolute Gasteiger partial charge is 0.337 e. The molecule has 0 aliphatic carbocycles. The summed E-state index contributed by atoms with van der Waals surface area (Å²) in [5.74, 6) is 0.0875. The molecule has 2 aliphatic heterocycles. The second-order valence-corrected chi connectivity index (χ2v) is 7.27. The third-order valence-electron chi connectivity index (χ3n) is 5.23. The molecular formula is C19H19N5O.